The van der Waals surface area contributed by atoms with Gasteiger partial charge in [0.25, 0.3) is 0 Å². The van der Waals surface area contributed by atoms with Crippen LogP contribution in [0.3, 0.4) is 0 Å². The highest BCUT2D eigenvalue weighted by Crippen LogP contribution is 2.26. The van der Waals surface area contributed by atoms with Crippen LogP contribution in [-0.4, -0.2) is 24.4 Å². The number of hydrogen-bond acceptors (Lipinski definition) is 2. The van der Waals surface area contributed by atoms with Crippen LogP contribution >= 0.6 is 0 Å². The molecular formula is C10H20F3NO. The van der Waals surface area contributed by atoms with E-state index in [9.17, 15) is 13.2 Å². The monoisotopic (exact) mass is 227 g/mol. The first kappa shape index (κ1) is 14.7. The number of nitrogens with two attached hydrogens (primary N) is 1. The lowest BCUT2D eigenvalue weighted by Gasteiger charge is -2.28. The van der Waals surface area contributed by atoms with Crippen LogP contribution in [0.1, 0.15) is 34.1 Å². The normalized spacial score (nSPS) is 19.0. The van der Waals surface area contributed by atoms with E-state index < -0.39 is 24.4 Å². The number of hydrogen-bond donors (Lipinski definition) is 1. The highest BCUT2D eigenvalue weighted by Gasteiger charge is 2.43. The summed E-state index contributed by atoms with van der Waals surface area (Å²) in [6, 6.07) is -1.04. The molecule has 0 aromatic heterocycles. The zero-order chi connectivity index (χ0) is 12.2. The molecular weight excluding hydrogens is 207 g/mol. The molecule has 0 heterocycles. The molecule has 3 atom stereocenters. The molecule has 5 heteroatoms. The summed E-state index contributed by atoms with van der Waals surface area (Å²) < 4.78 is 42.3. The Labute approximate surface area is 89.0 Å². The van der Waals surface area contributed by atoms with Gasteiger partial charge in [0.2, 0.25) is 0 Å². The number of ether oxygens (including phenoxy) is 1. The molecule has 2 nitrogen and oxygen atoms in total. The van der Waals surface area contributed by atoms with Gasteiger partial charge in [0.15, 0.2) is 6.10 Å². The van der Waals surface area contributed by atoms with E-state index in [4.69, 9.17) is 10.5 Å². The maximum absolute atomic E-state index is 12.5. The fourth-order valence-corrected chi connectivity index (χ4v) is 1.47. The molecule has 0 amide bonds. The van der Waals surface area contributed by atoms with Crippen molar-refractivity contribution in [2.75, 3.05) is 0 Å². The Hall–Kier alpha value is -0.290. The van der Waals surface area contributed by atoms with E-state index >= 15 is 0 Å². The first-order valence-electron chi connectivity index (χ1n) is 5.12. The summed E-state index contributed by atoms with van der Waals surface area (Å²) in [5, 5.41) is 0. The van der Waals surface area contributed by atoms with Crippen LogP contribution in [0.15, 0.2) is 0 Å². The minimum absolute atomic E-state index is 0.307. The lowest BCUT2D eigenvalue weighted by atomic mass is 10.1. The fourth-order valence-electron chi connectivity index (χ4n) is 1.47. The lowest BCUT2D eigenvalue weighted by Crippen LogP contribution is -2.46. The smallest absolute Gasteiger partial charge is 0.364 e. The van der Waals surface area contributed by atoms with Crippen molar-refractivity contribution >= 4 is 0 Å². The largest absolute Gasteiger partial charge is 0.416 e. The van der Waals surface area contributed by atoms with Crippen LogP contribution in [-0.2, 0) is 4.74 Å². The predicted molar refractivity (Wildman–Crippen MR) is 53.5 cm³/mol. The van der Waals surface area contributed by atoms with Crippen LogP contribution in [0, 0.1) is 5.92 Å². The minimum Gasteiger partial charge on any atom is -0.364 e. The number of rotatable bonds is 5. The molecule has 92 valence electrons. The van der Waals surface area contributed by atoms with Crippen LogP contribution in [0.25, 0.3) is 0 Å². The van der Waals surface area contributed by atoms with E-state index in [2.05, 4.69) is 0 Å². The van der Waals surface area contributed by atoms with Crippen molar-refractivity contribution in [2.24, 2.45) is 11.7 Å². The van der Waals surface area contributed by atoms with Crippen LogP contribution < -0.4 is 5.73 Å². The molecule has 0 aliphatic heterocycles. The lowest BCUT2D eigenvalue weighted by molar-refractivity contribution is -0.237. The number of halogens is 3. The second-order valence-corrected chi connectivity index (χ2v) is 4.40. The molecule has 15 heavy (non-hydrogen) atoms. The van der Waals surface area contributed by atoms with Crippen molar-refractivity contribution in [1.29, 1.82) is 0 Å². The fraction of sp³-hybridized carbons (Fsp3) is 1.00. The molecule has 0 aromatic rings. The van der Waals surface area contributed by atoms with E-state index in [1.54, 1.807) is 6.92 Å². The molecule has 0 fully saturated rings. The van der Waals surface area contributed by atoms with Crippen molar-refractivity contribution in [3.63, 3.8) is 0 Å². The first-order valence-corrected chi connectivity index (χ1v) is 5.12. The van der Waals surface area contributed by atoms with Gasteiger partial charge in [-0.3, -0.25) is 0 Å². The molecule has 0 aliphatic rings. The third-order valence-corrected chi connectivity index (χ3v) is 1.98. The SMILES string of the molecule is CC(C)CC(C)OC(C(C)N)C(F)(F)F. The minimum atomic E-state index is -4.39. The maximum atomic E-state index is 12.5. The molecule has 0 spiro atoms. The van der Waals surface area contributed by atoms with E-state index in [1.165, 1.54) is 6.92 Å². The Kier molecular flexibility index (Phi) is 5.59. The maximum Gasteiger partial charge on any atom is 0.416 e. The van der Waals surface area contributed by atoms with E-state index in [0.29, 0.717) is 12.3 Å². The van der Waals surface area contributed by atoms with E-state index in [0.717, 1.165) is 0 Å². The Morgan fingerprint density at radius 1 is 1.13 bits per heavy atom. The second-order valence-electron chi connectivity index (χ2n) is 4.40. The van der Waals surface area contributed by atoms with Gasteiger partial charge < -0.3 is 10.5 Å². The summed E-state index contributed by atoms with van der Waals surface area (Å²) in [6.07, 6.45) is -6.09. The van der Waals surface area contributed by atoms with Crippen LogP contribution in [0.2, 0.25) is 0 Å². The van der Waals surface area contributed by atoms with Crippen molar-refractivity contribution < 1.29 is 17.9 Å². The highest BCUT2D eigenvalue weighted by atomic mass is 19.4. The standard InChI is InChI=1S/C10H20F3NO/c1-6(2)5-7(3)15-9(8(4)14)10(11,12)13/h6-9H,5,14H2,1-4H3. The molecule has 0 aromatic carbocycles. The molecule has 0 saturated heterocycles. The van der Waals surface area contributed by atoms with Crippen LogP contribution in [0.4, 0.5) is 13.2 Å². The van der Waals surface area contributed by atoms with Gasteiger partial charge in [-0.1, -0.05) is 13.8 Å². The van der Waals surface area contributed by atoms with Gasteiger partial charge in [-0.25, -0.2) is 0 Å². The third-order valence-electron chi connectivity index (χ3n) is 1.98. The van der Waals surface area contributed by atoms with Crippen molar-refractivity contribution in [3.05, 3.63) is 0 Å². The molecule has 0 saturated carbocycles. The van der Waals surface area contributed by atoms with Gasteiger partial charge in [-0.2, -0.15) is 13.2 Å². The number of alkyl halides is 3. The summed E-state index contributed by atoms with van der Waals surface area (Å²) in [7, 11) is 0. The van der Waals surface area contributed by atoms with Crippen LogP contribution in [0.5, 0.6) is 0 Å². The van der Waals surface area contributed by atoms with Gasteiger partial charge in [-0.15, -0.1) is 0 Å². The Morgan fingerprint density at radius 3 is 1.87 bits per heavy atom. The quantitative estimate of drug-likeness (QED) is 0.783. The summed E-state index contributed by atoms with van der Waals surface area (Å²) in [5.74, 6) is 0.307. The second kappa shape index (κ2) is 5.70. The summed E-state index contributed by atoms with van der Waals surface area (Å²) >= 11 is 0. The van der Waals surface area contributed by atoms with Gasteiger partial charge in [0.1, 0.15) is 0 Å². The van der Waals surface area contributed by atoms with Gasteiger partial charge in [0.05, 0.1) is 6.10 Å². The zero-order valence-electron chi connectivity index (χ0n) is 9.64. The van der Waals surface area contributed by atoms with Gasteiger partial charge >= 0.3 is 6.18 Å². The molecule has 2 N–H and O–H groups in total. The highest BCUT2D eigenvalue weighted by molar-refractivity contribution is 4.77. The zero-order valence-corrected chi connectivity index (χ0v) is 9.64. The van der Waals surface area contributed by atoms with Gasteiger partial charge in [-0.05, 0) is 26.2 Å². The topological polar surface area (TPSA) is 35.2 Å². The average Bonchev–Trinajstić information content (AvgIpc) is 1.95. The molecule has 0 bridgehead atoms. The molecule has 0 radical (unpaired) electrons. The summed E-state index contributed by atoms with van der Waals surface area (Å²) in [6.45, 7) is 6.82. The average molecular weight is 227 g/mol. The van der Waals surface area contributed by atoms with E-state index in [-0.39, 0.29) is 0 Å². The molecule has 0 aliphatic carbocycles. The van der Waals surface area contributed by atoms with E-state index in [1.807, 2.05) is 13.8 Å². The predicted octanol–water partition coefficient (Wildman–Crippen LogP) is 2.72. The Balaban J connectivity index is 4.30. The molecule has 0 rings (SSSR count). The summed E-state index contributed by atoms with van der Waals surface area (Å²) in [4.78, 5) is 0. The summed E-state index contributed by atoms with van der Waals surface area (Å²) in [5.41, 5.74) is 5.26. The van der Waals surface area contributed by atoms with Crippen molar-refractivity contribution in [2.45, 2.75) is 58.5 Å². The molecule has 3 unspecified atom stereocenters. The Bertz CT molecular complexity index is 180. The first-order chi connectivity index (χ1) is 6.64. The van der Waals surface area contributed by atoms with Crippen molar-refractivity contribution in [1.82, 2.24) is 0 Å². The Morgan fingerprint density at radius 2 is 1.60 bits per heavy atom. The third kappa shape index (κ3) is 5.99. The van der Waals surface area contributed by atoms with Gasteiger partial charge in [0, 0.05) is 6.04 Å². The van der Waals surface area contributed by atoms with Crippen molar-refractivity contribution in [3.8, 4) is 0 Å².